The average Bonchev–Trinajstić information content (AvgIpc) is 2.73. The predicted molar refractivity (Wildman–Crippen MR) is 97.1 cm³/mol. The molecule has 0 saturated carbocycles. The van der Waals surface area contributed by atoms with Crippen LogP contribution in [0.1, 0.15) is 21.6 Å². The fourth-order valence-corrected chi connectivity index (χ4v) is 3.01. The molecule has 6 nitrogen and oxygen atoms in total. The normalized spacial score (nSPS) is 16.3. The number of aromatic nitrogens is 1. The minimum absolute atomic E-state index is 0. The molecule has 2 heterocycles. The highest BCUT2D eigenvalue weighted by molar-refractivity contribution is 5.99. The van der Waals surface area contributed by atoms with Gasteiger partial charge in [0.05, 0.1) is 12.6 Å². The van der Waals surface area contributed by atoms with Gasteiger partial charge in [-0.2, -0.15) is 0 Å². The minimum Gasteiger partial charge on any atom is -0.390 e. The first-order valence-corrected chi connectivity index (χ1v) is 7.53. The zero-order chi connectivity index (χ0) is 15.4. The van der Waals surface area contributed by atoms with E-state index in [2.05, 4.69) is 10.2 Å². The van der Waals surface area contributed by atoms with E-state index in [1.54, 1.807) is 0 Å². The molecule has 0 radical (unpaired) electrons. The molecule has 8 heteroatoms. The number of β-amino-alcohol motifs (C(OH)–C–C–N with tert-alkyl or cyclic N) is 1. The number of nitrogens with one attached hydrogen (secondary N) is 1. The standard InChI is InChI=1S/C15H26N4O2.2ClH/c1-11-8-19(12(2)15(11)14(21)7-16)10-13(20)9-18-5-3-17-4-6-18;;/h8,13,17,20H,3-7,9-10,16H2,1-2H3;2*1H. The Morgan fingerprint density at radius 3 is 2.48 bits per heavy atom. The zero-order valence-corrected chi connectivity index (χ0v) is 15.4. The quantitative estimate of drug-likeness (QED) is 0.633. The second-order valence-corrected chi connectivity index (χ2v) is 5.76. The average molecular weight is 367 g/mol. The van der Waals surface area contributed by atoms with Gasteiger partial charge in [0, 0.05) is 56.7 Å². The summed E-state index contributed by atoms with van der Waals surface area (Å²) in [6, 6.07) is 0. The zero-order valence-electron chi connectivity index (χ0n) is 13.7. The van der Waals surface area contributed by atoms with E-state index >= 15 is 0 Å². The van der Waals surface area contributed by atoms with Crippen molar-refractivity contribution in [2.45, 2.75) is 26.5 Å². The number of piperazine rings is 1. The van der Waals surface area contributed by atoms with E-state index < -0.39 is 6.10 Å². The number of carbonyl (C=O) groups excluding carboxylic acids is 1. The van der Waals surface area contributed by atoms with Crippen LogP contribution in [0.3, 0.4) is 0 Å². The van der Waals surface area contributed by atoms with Crippen LogP contribution in [0.15, 0.2) is 6.20 Å². The molecule has 0 aromatic carbocycles. The molecule has 1 fully saturated rings. The Balaban J connectivity index is 0.00000242. The molecule has 2 rings (SSSR count). The third-order valence-corrected chi connectivity index (χ3v) is 4.09. The van der Waals surface area contributed by atoms with Gasteiger partial charge in [-0.15, -0.1) is 24.8 Å². The summed E-state index contributed by atoms with van der Waals surface area (Å²) in [7, 11) is 0. The van der Waals surface area contributed by atoms with Gasteiger partial charge in [0.15, 0.2) is 5.78 Å². The van der Waals surface area contributed by atoms with Crippen molar-refractivity contribution >= 4 is 30.6 Å². The van der Waals surface area contributed by atoms with Crippen molar-refractivity contribution in [2.75, 3.05) is 39.3 Å². The van der Waals surface area contributed by atoms with E-state index in [-0.39, 0.29) is 37.1 Å². The van der Waals surface area contributed by atoms with Gasteiger partial charge in [-0.1, -0.05) is 0 Å². The Hall–Kier alpha value is -0.630. The summed E-state index contributed by atoms with van der Waals surface area (Å²) in [4.78, 5) is 14.1. The van der Waals surface area contributed by atoms with E-state index in [0.717, 1.165) is 37.4 Å². The summed E-state index contributed by atoms with van der Waals surface area (Å²) in [5, 5.41) is 13.6. The summed E-state index contributed by atoms with van der Waals surface area (Å²) in [5.74, 6) is -0.0413. The lowest BCUT2D eigenvalue weighted by molar-refractivity contribution is 0.0910. The van der Waals surface area contributed by atoms with Gasteiger partial charge in [-0.25, -0.2) is 0 Å². The van der Waals surface area contributed by atoms with Crippen molar-refractivity contribution in [3.05, 3.63) is 23.0 Å². The summed E-state index contributed by atoms with van der Waals surface area (Å²) in [5.41, 5.74) is 7.98. The summed E-state index contributed by atoms with van der Waals surface area (Å²) >= 11 is 0. The van der Waals surface area contributed by atoms with Gasteiger partial charge in [0.25, 0.3) is 0 Å². The molecular weight excluding hydrogens is 339 g/mol. The van der Waals surface area contributed by atoms with Crippen LogP contribution in [0.25, 0.3) is 0 Å². The maximum Gasteiger partial charge on any atom is 0.178 e. The van der Waals surface area contributed by atoms with Gasteiger partial charge in [-0.3, -0.25) is 9.69 Å². The number of carbonyl (C=O) groups is 1. The smallest absolute Gasteiger partial charge is 0.178 e. The number of nitrogens with two attached hydrogens (primary N) is 1. The topological polar surface area (TPSA) is 83.5 Å². The molecule has 134 valence electrons. The number of hydrogen-bond acceptors (Lipinski definition) is 5. The maximum atomic E-state index is 11.9. The Labute approximate surface area is 150 Å². The van der Waals surface area contributed by atoms with Crippen molar-refractivity contribution in [1.29, 1.82) is 0 Å². The van der Waals surface area contributed by atoms with Crippen LogP contribution in [-0.4, -0.2) is 65.7 Å². The fraction of sp³-hybridized carbons (Fsp3) is 0.667. The minimum atomic E-state index is -0.436. The third-order valence-electron chi connectivity index (χ3n) is 4.09. The van der Waals surface area contributed by atoms with E-state index in [9.17, 15) is 9.90 Å². The van der Waals surface area contributed by atoms with Crippen LogP contribution in [0.5, 0.6) is 0 Å². The molecule has 1 aromatic heterocycles. The van der Waals surface area contributed by atoms with E-state index in [1.807, 2.05) is 24.6 Å². The number of Topliss-reactive ketones (excluding diaryl/α,β-unsaturated/α-hetero) is 1. The third kappa shape index (κ3) is 5.74. The summed E-state index contributed by atoms with van der Waals surface area (Å²) in [6.45, 7) is 8.91. The molecule has 1 unspecified atom stereocenters. The Kier molecular flexibility index (Phi) is 10.00. The van der Waals surface area contributed by atoms with Crippen LogP contribution in [-0.2, 0) is 6.54 Å². The van der Waals surface area contributed by atoms with Crippen LogP contribution in [0.4, 0.5) is 0 Å². The molecule has 1 aliphatic rings. The highest BCUT2D eigenvalue weighted by Crippen LogP contribution is 2.17. The van der Waals surface area contributed by atoms with Crippen molar-refractivity contribution in [3.8, 4) is 0 Å². The first kappa shape index (κ1) is 22.4. The van der Waals surface area contributed by atoms with Gasteiger partial charge in [-0.05, 0) is 19.4 Å². The predicted octanol–water partition coefficient (Wildman–Crippen LogP) is 0.356. The molecule has 0 aliphatic carbocycles. The molecule has 4 N–H and O–H groups in total. The molecule has 1 atom stereocenters. The lowest BCUT2D eigenvalue weighted by Crippen LogP contribution is -2.46. The van der Waals surface area contributed by atoms with Gasteiger partial charge in [0.2, 0.25) is 0 Å². The number of aliphatic hydroxyl groups excluding tert-OH is 1. The summed E-state index contributed by atoms with van der Waals surface area (Å²) in [6.07, 6.45) is 1.49. The number of nitrogens with zero attached hydrogens (tertiary/aromatic N) is 2. The number of ketones is 1. The van der Waals surface area contributed by atoms with Crippen LogP contribution >= 0.6 is 24.8 Å². The molecular formula is C15H28Cl2N4O2. The SMILES string of the molecule is Cc1cn(CC(O)CN2CCNCC2)c(C)c1C(=O)CN.Cl.Cl. The van der Waals surface area contributed by atoms with Crippen LogP contribution in [0, 0.1) is 13.8 Å². The Morgan fingerprint density at radius 1 is 1.30 bits per heavy atom. The first-order valence-electron chi connectivity index (χ1n) is 7.53. The Morgan fingerprint density at radius 2 is 1.91 bits per heavy atom. The van der Waals surface area contributed by atoms with Crippen molar-refractivity contribution in [1.82, 2.24) is 14.8 Å². The lowest BCUT2D eigenvalue weighted by Gasteiger charge is -2.29. The second kappa shape index (κ2) is 10.3. The van der Waals surface area contributed by atoms with Gasteiger partial charge in [0.1, 0.15) is 0 Å². The number of aliphatic hydroxyl groups is 1. The highest BCUT2D eigenvalue weighted by Gasteiger charge is 2.19. The lowest BCUT2D eigenvalue weighted by atomic mass is 10.1. The van der Waals surface area contributed by atoms with E-state index in [4.69, 9.17) is 5.73 Å². The first-order chi connectivity index (χ1) is 10.0. The number of aryl methyl sites for hydroxylation is 1. The largest absolute Gasteiger partial charge is 0.390 e. The van der Waals surface area contributed by atoms with Crippen LogP contribution < -0.4 is 11.1 Å². The number of rotatable bonds is 6. The number of hydrogen-bond donors (Lipinski definition) is 3. The van der Waals surface area contributed by atoms with Crippen molar-refractivity contribution in [2.24, 2.45) is 5.73 Å². The van der Waals surface area contributed by atoms with E-state index in [0.29, 0.717) is 18.7 Å². The number of halogens is 2. The summed E-state index contributed by atoms with van der Waals surface area (Å²) < 4.78 is 1.96. The van der Waals surface area contributed by atoms with Gasteiger partial charge >= 0.3 is 0 Å². The molecule has 1 aliphatic heterocycles. The molecule has 0 bridgehead atoms. The molecule has 1 saturated heterocycles. The highest BCUT2D eigenvalue weighted by atomic mass is 35.5. The monoisotopic (exact) mass is 366 g/mol. The van der Waals surface area contributed by atoms with E-state index in [1.165, 1.54) is 0 Å². The van der Waals surface area contributed by atoms with Gasteiger partial charge < -0.3 is 20.7 Å². The molecule has 0 spiro atoms. The van der Waals surface area contributed by atoms with Crippen molar-refractivity contribution in [3.63, 3.8) is 0 Å². The maximum absolute atomic E-state index is 11.9. The van der Waals surface area contributed by atoms with Crippen molar-refractivity contribution < 1.29 is 9.90 Å². The second-order valence-electron chi connectivity index (χ2n) is 5.76. The van der Waals surface area contributed by atoms with Crippen LogP contribution in [0.2, 0.25) is 0 Å². The molecule has 0 amide bonds. The molecule has 23 heavy (non-hydrogen) atoms. The molecule has 1 aromatic rings. The Bertz CT molecular complexity index is 502. The fourth-order valence-electron chi connectivity index (χ4n) is 3.01.